The second-order valence-electron chi connectivity index (χ2n) is 6.67. The van der Waals surface area contributed by atoms with Crippen LogP contribution in [0.15, 0.2) is 12.3 Å². The Hall–Kier alpha value is -1.53. The van der Waals surface area contributed by atoms with Crippen LogP contribution in [-0.2, 0) is 11.3 Å². The van der Waals surface area contributed by atoms with Gasteiger partial charge in [-0.2, -0.15) is 0 Å². The maximum atomic E-state index is 12.0. The van der Waals surface area contributed by atoms with E-state index in [9.17, 15) is 9.90 Å². The number of aromatic nitrogens is 1. The van der Waals surface area contributed by atoms with Crippen LogP contribution in [0.3, 0.4) is 0 Å². The van der Waals surface area contributed by atoms with E-state index in [-0.39, 0.29) is 23.8 Å². The van der Waals surface area contributed by atoms with Crippen molar-refractivity contribution in [1.29, 1.82) is 0 Å². The van der Waals surface area contributed by atoms with Crippen molar-refractivity contribution in [3.05, 3.63) is 23.0 Å². The molecule has 1 aromatic rings. The summed E-state index contributed by atoms with van der Waals surface area (Å²) in [6.07, 6.45) is 2.12. The Balaban J connectivity index is 1.83. The van der Waals surface area contributed by atoms with E-state index >= 15 is 0 Å². The molecule has 2 heterocycles. The molecule has 0 spiro atoms. The first-order valence-corrected chi connectivity index (χ1v) is 8.02. The number of carbonyl (C=O) groups excluding carboxylic acids is 1. The average molecular weight is 343 g/mol. The topological polar surface area (TPSA) is 71.9 Å². The molecular formula is C16H23ClN2O4. The minimum absolute atomic E-state index is 0.182. The summed E-state index contributed by atoms with van der Waals surface area (Å²) in [5.74, 6) is 0.810. The Morgan fingerprint density at radius 2 is 2.26 bits per heavy atom. The zero-order valence-corrected chi connectivity index (χ0v) is 14.5. The number of rotatable bonds is 4. The van der Waals surface area contributed by atoms with Crippen LogP contribution in [0.1, 0.15) is 32.8 Å². The maximum absolute atomic E-state index is 12.0. The maximum Gasteiger partial charge on any atom is 0.410 e. The summed E-state index contributed by atoms with van der Waals surface area (Å²) in [4.78, 5) is 17.7. The van der Waals surface area contributed by atoms with Crippen molar-refractivity contribution < 1.29 is 19.4 Å². The van der Waals surface area contributed by atoms with Gasteiger partial charge >= 0.3 is 6.09 Å². The Bertz CT molecular complexity index is 560. The summed E-state index contributed by atoms with van der Waals surface area (Å²) in [7, 11) is 0. The number of nitrogens with zero attached hydrogens (tertiary/aromatic N) is 2. The van der Waals surface area contributed by atoms with Crippen molar-refractivity contribution >= 4 is 17.7 Å². The smallest absolute Gasteiger partial charge is 0.410 e. The van der Waals surface area contributed by atoms with Gasteiger partial charge in [0.15, 0.2) is 0 Å². The number of halogens is 1. The second kappa shape index (κ2) is 7.36. The van der Waals surface area contributed by atoms with Gasteiger partial charge in [-0.15, -0.1) is 0 Å². The number of amides is 1. The van der Waals surface area contributed by atoms with Gasteiger partial charge in [-0.25, -0.2) is 9.78 Å². The molecule has 1 N–H and O–H groups in total. The quantitative estimate of drug-likeness (QED) is 0.852. The number of likely N-dealkylation sites (tertiary alicyclic amines) is 1. The van der Waals surface area contributed by atoms with Crippen LogP contribution in [0.5, 0.6) is 5.75 Å². The molecule has 1 fully saturated rings. The largest absolute Gasteiger partial charge is 0.492 e. The van der Waals surface area contributed by atoms with Crippen LogP contribution in [0.25, 0.3) is 0 Å². The molecule has 0 radical (unpaired) electrons. The van der Waals surface area contributed by atoms with Crippen LogP contribution in [-0.4, -0.2) is 46.4 Å². The lowest BCUT2D eigenvalue weighted by atomic mass is 10.1. The van der Waals surface area contributed by atoms with E-state index in [2.05, 4.69) is 4.98 Å². The third-order valence-electron chi connectivity index (χ3n) is 3.48. The minimum Gasteiger partial charge on any atom is -0.492 e. The molecule has 0 unspecified atom stereocenters. The lowest BCUT2D eigenvalue weighted by Crippen LogP contribution is -2.35. The summed E-state index contributed by atoms with van der Waals surface area (Å²) >= 11 is 5.85. The molecule has 0 bridgehead atoms. The predicted octanol–water partition coefficient (Wildman–Crippen LogP) is 2.86. The highest BCUT2D eigenvalue weighted by Gasteiger charge is 2.30. The van der Waals surface area contributed by atoms with Gasteiger partial charge in [0.1, 0.15) is 16.5 Å². The molecule has 23 heavy (non-hydrogen) atoms. The summed E-state index contributed by atoms with van der Waals surface area (Å²) < 4.78 is 11.1. The van der Waals surface area contributed by atoms with Gasteiger partial charge in [0, 0.05) is 24.6 Å². The Morgan fingerprint density at radius 3 is 2.91 bits per heavy atom. The first-order valence-electron chi connectivity index (χ1n) is 7.64. The van der Waals surface area contributed by atoms with Crippen LogP contribution < -0.4 is 4.74 Å². The van der Waals surface area contributed by atoms with E-state index in [1.165, 1.54) is 6.20 Å². The summed E-state index contributed by atoms with van der Waals surface area (Å²) in [6.45, 7) is 7.15. The van der Waals surface area contributed by atoms with Crippen LogP contribution in [0.4, 0.5) is 4.79 Å². The third-order valence-corrected chi connectivity index (χ3v) is 3.82. The number of hydrogen-bond acceptors (Lipinski definition) is 5. The van der Waals surface area contributed by atoms with E-state index in [4.69, 9.17) is 21.1 Å². The molecule has 128 valence electrons. The van der Waals surface area contributed by atoms with Gasteiger partial charge in [-0.05, 0) is 33.3 Å². The molecule has 0 aromatic carbocycles. The fourth-order valence-corrected chi connectivity index (χ4v) is 2.50. The first kappa shape index (κ1) is 17.8. The van der Waals surface area contributed by atoms with Gasteiger partial charge in [0.2, 0.25) is 0 Å². The van der Waals surface area contributed by atoms with Crippen molar-refractivity contribution in [3.63, 3.8) is 0 Å². The van der Waals surface area contributed by atoms with Crippen molar-refractivity contribution in [2.24, 2.45) is 5.92 Å². The van der Waals surface area contributed by atoms with E-state index < -0.39 is 5.60 Å². The van der Waals surface area contributed by atoms with Gasteiger partial charge in [-0.3, -0.25) is 0 Å². The molecule has 1 atom stereocenters. The molecule has 7 heteroatoms. The standard InChI is InChI=1S/C16H23ClN2O4/c1-16(2,3)23-15(21)19-5-4-11(8-19)10-22-13-6-12(9-20)14(17)18-7-13/h6-7,11,20H,4-5,8-10H2,1-3H3/t11-/m1/s1. The molecule has 1 aromatic heterocycles. The summed E-state index contributed by atoms with van der Waals surface area (Å²) in [5, 5.41) is 9.45. The average Bonchev–Trinajstić information content (AvgIpc) is 2.93. The SMILES string of the molecule is CC(C)(C)OC(=O)N1CC[C@@H](COc2cnc(Cl)c(CO)c2)C1. The van der Waals surface area contributed by atoms with E-state index in [1.807, 2.05) is 20.8 Å². The van der Waals surface area contributed by atoms with Crippen molar-refractivity contribution in [2.75, 3.05) is 19.7 Å². The summed E-state index contributed by atoms with van der Waals surface area (Å²) in [5.41, 5.74) is 0.0485. The van der Waals surface area contributed by atoms with Crippen LogP contribution >= 0.6 is 11.6 Å². The van der Waals surface area contributed by atoms with Crippen molar-refractivity contribution in [2.45, 2.75) is 39.4 Å². The molecule has 2 rings (SSSR count). The lowest BCUT2D eigenvalue weighted by Gasteiger charge is -2.24. The van der Waals surface area contributed by atoms with Crippen LogP contribution in [0.2, 0.25) is 5.15 Å². The molecular weight excluding hydrogens is 320 g/mol. The van der Waals surface area contributed by atoms with E-state index in [1.54, 1.807) is 11.0 Å². The van der Waals surface area contributed by atoms with Gasteiger partial charge in [-0.1, -0.05) is 11.6 Å². The lowest BCUT2D eigenvalue weighted by molar-refractivity contribution is 0.0284. The molecule has 0 aliphatic carbocycles. The van der Waals surface area contributed by atoms with E-state index in [0.717, 1.165) is 6.42 Å². The number of ether oxygens (including phenoxy) is 2. The molecule has 0 saturated carbocycles. The number of hydrogen-bond donors (Lipinski definition) is 1. The number of carbonyl (C=O) groups is 1. The molecule has 1 aliphatic rings. The van der Waals surface area contributed by atoms with Gasteiger partial charge in [0.05, 0.1) is 19.4 Å². The van der Waals surface area contributed by atoms with Gasteiger partial charge in [0.25, 0.3) is 0 Å². The molecule has 1 amide bonds. The Labute approximate surface area is 141 Å². The monoisotopic (exact) mass is 342 g/mol. The first-order chi connectivity index (χ1) is 10.8. The van der Waals surface area contributed by atoms with Gasteiger partial charge < -0.3 is 19.5 Å². The Kier molecular flexibility index (Phi) is 5.70. The minimum atomic E-state index is -0.485. The number of aliphatic hydroxyl groups excluding tert-OH is 1. The fourth-order valence-electron chi connectivity index (χ4n) is 2.34. The predicted molar refractivity (Wildman–Crippen MR) is 86.6 cm³/mol. The second-order valence-corrected chi connectivity index (χ2v) is 7.03. The molecule has 1 aliphatic heterocycles. The third kappa shape index (κ3) is 5.25. The molecule has 6 nitrogen and oxygen atoms in total. The zero-order valence-electron chi connectivity index (χ0n) is 13.7. The highest BCUT2D eigenvalue weighted by molar-refractivity contribution is 6.30. The van der Waals surface area contributed by atoms with E-state index in [0.29, 0.717) is 31.0 Å². The number of pyridine rings is 1. The van der Waals surface area contributed by atoms with Crippen molar-refractivity contribution in [3.8, 4) is 5.75 Å². The summed E-state index contributed by atoms with van der Waals surface area (Å²) in [6, 6.07) is 1.68. The normalized spacial score (nSPS) is 18.1. The number of aliphatic hydroxyl groups is 1. The zero-order chi connectivity index (χ0) is 17.0. The molecule has 1 saturated heterocycles. The Morgan fingerprint density at radius 1 is 1.52 bits per heavy atom. The highest BCUT2D eigenvalue weighted by atomic mass is 35.5. The fraction of sp³-hybridized carbons (Fsp3) is 0.625. The highest BCUT2D eigenvalue weighted by Crippen LogP contribution is 2.23. The van der Waals surface area contributed by atoms with Crippen LogP contribution in [0, 0.1) is 5.92 Å². The van der Waals surface area contributed by atoms with Crippen molar-refractivity contribution in [1.82, 2.24) is 9.88 Å².